The second kappa shape index (κ2) is 7.73. The van der Waals surface area contributed by atoms with Crippen LogP contribution in [0.3, 0.4) is 0 Å². The lowest BCUT2D eigenvalue weighted by Gasteiger charge is -2.30. The number of hydrogen-bond acceptors (Lipinski definition) is 5. The highest BCUT2D eigenvalue weighted by Gasteiger charge is 2.24. The van der Waals surface area contributed by atoms with Crippen molar-refractivity contribution in [3.8, 4) is 0 Å². The highest BCUT2D eigenvalue weighted by molar-refractivity contribution is 7.07. The number of pyridine rings is 1. The molecule has 0 atom stereocenters. The van der Waals surface area contributed by atoms with Crippen molar-refractivity contribution in [2.24, 2.45) is 0 Å². The average molecular weight is 390 g/mol. The van der Waals surface area contributed by atoms with Gasteiger partial charge in [0.1, 0.15) is 0 Å². The van der Waals surface area contributed by atoms with Crippen molar-refractivity contribution >= 4 is 28.4 Å². The number of fused-ring (bicyclic) bond motifs is 1. The SMILES string of the molecule is c1ccc(Nc2ccc3nc(C4CCN(Cc5ccsc5)CC4)nn3c2)cc1. The van der Waals surface area contributed by atoms with Crippen LogP contribution >= 0.6 is 11.3 Å². The first-order valence-electron chi connectivity index (χ1n) is 9.75. The van der Waals surface area contributed by atoms with Crippen molar-refractivity contribution < 1.29 is 0 Å². The molecule has 1 aromatic carbocycles. The van der Waals surface area contributed by atoms with Crippen molar-refractivity contribution in [3.63, 3.8) is 0 Å². The van der Waals surface area contributed by atoms with Crippen molar-refractivity contribution in [3.05, 3.63) is 76.9 Å². The number of thiophene rings is 1. The minimum Gasteiger partial charge on any atom is -0.354 e. The molecule has 4 heterocycles. The lowest BCUT2D eigenvalue weighted by Crippen LogP contribution is -2.32. The zero-order valence-electron chi connectivity index (χ0n) is 15.7. The van der Waals surface area contributed by atoms with Gasteiger partial charge in [0.05, 0.1) is 11.9 Å². The maximum absolute atomic E-state index is 4.79. The number of piperidine rings is 1. The number of nitrogens with zero attached hydrogens (tertiary/aromatic N) is 4. The van der Waals surface area contributed by atoms with Gasteiger partial charge in [-0.3, -0.25) is 4.90 Å². The summed E-state index contributed by atoms with van der Waals surface area (Å²) in [5, 5.41) is 12.6. The van der Waals surface area contributed by atoms with E-state index in [-0.39, 0.29) is 0 Å². The van der Waals surface area contributed by atoms with Gasteiger partial charge in [0, 0.05) is 18.2 Å². The van der Waals surface area contributed by atoms with Gasteiger partial charge in [-0.25, -0.2) is 9.50 Å². The van der Waals surface area contributed by atoms with Crippen LogP contribution in [-0.4, -0.2) is 32.6 Å². The lowest BCUT2D eigenvalue weighted by molar-refractivity contribution is 0.202. The second-order valence-corrected chi connectivity index (χ2v) is 8.14. The van der Waals surface area contributed by atoms with Gasteiger partial charge in [-0.05, 0) is 72.6 Å². The molecule has 4 aromatic rings. The van der Waals surface area contributed by atoms with Gasteiger partial charge in [0.2, 0.25) is 0 Å². The highest BCUT2D eigenvalue weighted by Crippen LogP contribution is 2.27. The highest BCUT2D eigenvalue weighted by atomic mass is 32.1. The molecule has 6 heteroatoms. The van der Waals surface area contributed by atoms with Gasteiger partial charge in [0.15, 0.2) is 11.5 Å². The normalized spacial score (nSPS) is 15.9. The number of para-hydroxylation sites is 1. The molecule has 1 saturated heterocycles. The number of likely N-dealkylation sites (tertiary alicyclic amines) is 1. The van der Waals surface area contributed by atoms with Crippen LogP contribution in [0.2, 0.25) is 0 Å². The second-order valence-electron chi connectivity index (χ2n) is 7.36. The first-order chi connectivity index (χ1) is 13.8. The topological polar surface area (TPSA) is 45.5 Å². The van der Waals surface area contributed by atoms with E-state index in [1.807, 2.05) is 35.0 Å². The molecule has 0 aliphatic carbocycles. The number of aromatic nitrogens is 3. The van der Waals surface area contributed by atoms with Crippen molar-refractivity contribution in [1.82, 2.24) is 19.5 Å². The minimum absolute atomic E-state index is 0.448. The van der Waals surface area contributed by atoms with Crippen LogP contribution in [0.1, 0.15) is 30.1 Å². The van der Waals surface area contributed by atoms with Crippen molar-refractivity contribution in [1.29, 1.82) is 0 Å². The van der Waals surface area contributed by atoms with Crippen LogP contribution in [-0.2, 0) is 6.54 Å². The quantitative estimate of drug-likeness (QED) is 0.527. The molecule has 142 valence electrons. The monoisotopic (exact) mass is 389 g/mol. The fraction of sp³-hybridized carbons (Fsp3) is 0.273. The Balaban J connectivity index is 1.26. The van der Waals surface area contributed by atoms with E-state index in [0.29, 0.717) is 5.92 Å². The molecule has 0 spiro atoms. The summed E-state index contributed by atoms with van der Waals surface area (Å²) in [6.07, 6.45) is 4.26. The van der Waals surface area contributed by atoms with Crippen LogP contribution in [0.25, 0.3) is 5.65 Å². The molecule has 28 heavy (non-hydrogen) atoms. The summed E-state index contributed by atoms with van der Waals surface area (Å²) >= 11 is 1.77. The Morgan fingerprint density at radius 1 is 1.00 bits per heavy atom. The van der Waals surface area contributed by atoms with Gasteiger partial charge in [-0.1, -0.05) is 18.2 Å². The Bertz CT molecular complexity index is 1030. The van der Waals surface area contributed by atoms with Gasteiger partial charge in [-0.15, -0.1) is 0 Å². The molecular formula is C22H23N5S. The van der Waals surface area contributed by atoms with Gasteiger partial charge < -0.3 is 5.32 Å². The van der Waals surface area contributed by atoms with E-state index in [0.717, 1.165) is 55.3 Å². The van der Waals surface area contributed by atoms with Crippen LogP contribution < -0.4 is 5.32 Å². The third-order valence-electron chi connectivity index (χ3n) is 5.35. The number of anilines is 2. The maximum Gasteiger partial charge on any atom is 0.155 e. The Morgan fingerprint density at radius 3 is 2.64 bits per heavy atom. The van der Waals surface area contributed by atoms with E-state index in [2.05, 4.69) is 45.2 Å². The van der Waals surface area contributed by atoms with E-state index in [1.54, 1.807) is 11.3 Å². The fourth-order valence-corrected chi connectivity index (χ4v) is 4.49. The molecule has 0 unspecified atom stereocenters. The standard InChI is InChI=1S/C22H23N5S/c1-2-4-19(5-3-1)23-20-6-7-21-24-22(25-27(21)15-20)18-8-11-26(12-9-18)14-17-10-13-28-16-17/h1-7,10,13,15-16,18,23H,8-9,11-12,14H2. The molecule has 1 aliphatic heterocycles. The zero-order valence-corrected chi connectivity index (χ0v) is 16.5. The van der Waals surface area contributed by atoms with Crippen LogP contribution in [0.5, 0.6) is 0 Å². The number of hydrogen-bond donors (Lipinski definition) is 1. The summed E-state index contributed by atoms with van der Waals surface area (Å²) in [4.78, 5) is 7.33. The van der Waals surface area contributed by atoms with Crippen LogP contribution in [0, 0.1) is 0 Å². The zero-order chi connectivity index (χ0) is 18.8. The van der Waals surface area contributed by atoms with Crippen molar-refractivity contribution in [2.45, 2.75) is 25.3 Å². The van der Waals surface area contributed by atoms with Gasteiger partial charge >= 0.3 is 0 Å². The number of rotatable bonds is 5. The molecule has 1 N–H and O–H groups in total. The molecule has 1 fully saturated rings. The first kappa shape index (κ1) is 17.4. The van der Waals surface area contributed by atoms with Gasteiger partial charge in [-0.2, -0.15) is 16.4 Å². The molecule has 0 saturated carbocycles. The largest absolute Gasteiger partial charge is 0.354 e. The molecular weight excluding hydrogens is 366 g/mol. The van der Waals surface area contributed by atoms with Crippen LogP contribution in [0.4, 0.5) is 11.4 Å². The predicted octanol–water partition coefficient (Wildman–Crippen LogP) is 4.91. The summed E-state index contributed by atoms with van der Waals surface area (Å²) in [6, 6.07) is 16.5. The Hall–Kier alpha value is -2.70. The van der Waals surface area contributed by atoms with Gasteiger partial charge in [0.25, 0.3) is 0 Å². The third-order valence-corrected chi connectivity index (χ3v) is 6.08. The van der Waals surface area contributed by atoms with E-state index >= 15 is 0 Å². The Labute approximate surface area is 168 Å². The fourth-order valence-electron chi connectivity index (χ4n) is 3.83. The first-order valence-corrected chi connectivity index (χ1v) is 10.7. The molecule has 0 amide bonds. The third kappa shape index (κ3) is 3.79. The molecule has 3 aromatic heterocycles. The van der Waals surface area contributed by atoms with E-state index in [4.69, 9.17) is 10.1 Å². The van der Waals surface area contributed by atoms with E-state index in [1.165, 1.54) is 5.56 Å². The minimum atomic E-state index is 0.448. The summed E-state index contributed by atoms with van der Waals surface area (Å²) in [7, 11) is 0. The Kier molecular flexibility index (Phi) is 4.81. The lowest BCUT2D eigenvalue weighted by atomic mass is 9.96. The smallest absolute Gasteiger partial charge is 0.155 e. The summed E-state index contributed by atoms with van der Waals surface area (Å²) < 4.78 is 1.90. The maximum atomic E-state index is 4.79. The number of nitrogens with one attached hydrogen (secondary N) is 1. The summed E-state index contributed by atoms with van der Waals surface area (Å²) in [5.74, 6) is 1.43. The predicted molar refractivity (Wildman–Crippen MR) is 114 cm³/mol. The van der Waals surface area contributed by atoms with E-state index < -0.39 is 0 Å². The molecule has 0 bridgehead atoms. The molecule has 5 rings (SSSR count). The van der Waals surface area contributed by atoms with Crippen molar-refractivity contribution in [2.75, 3.05) is 18.4 Å². The summed E-state index contributed by atoms with van der Waals surface area (Å²) in [5.41, 5.74) is 4.42. The summed E-state index contributed by atoms with van der Waals surface area (Å²) in [6.45, 7) is 3.27. The Morgan fingerprint density at radius 2 is 1.86 bits per heavy atom. The average Bonchev–Trinajstić information content (AvgIpc) is 3.39. The molecule has 5 nitrogen and oxygen atoms in total. The number of benzene rings is 1. The molecule has 1 aliphatic rings. The molecule has 0 radical (unpaired) electrons. The van der Waals surface area contributed by atoms with Crippen LogP contribution in [0.15, 0.2) is 65.5 Å². The van der Waals surface area contributed by atoms with E-state index in [9.17, 15) is 0 Å².